The molecule has 0 radical (unpaired) electrons. The summed E-state index contributed by atoms with van der Waals surface area (Å²) in [7, 11) is 0. The molecule has 0 fully saturated rings. The molecule has 1 atom stereocenters. The Morgan fingerprint density at radius 3 is 2.41 bits per heavy atom. The van der Waals surface area contributed by atoms with E-state index < -0.39 is 17.0 Å². The smallest absolute Gasteiger partial charge is 0.344 e. The van der Waals surface area contributed by atoms with Crippen LogP contribution in [0.2, 0.25) is 0 Å². The number of hydrogen-bond acceptors (Lipinski definition) is 8. The van der Waals surface area contributed by atoms with Crippen LogP contribution in [0.3, 0.4) is 0 Å². The molecular weight excluding hydrogens is 378 g/mol. The number of nitro benzene ring substituents is 1. The number of carbonyl (C=O) groups excluding carboxylic acids is 1. The molecule has 2 aromatic carbocycles. The Morgan fingerprint density at radius 2 is 1.79 bits per heavy atom. The van der Waals surface area contributed by atoms with Crippen molar-refractivity contribution in [2.75, 3.05) is 6.61 Å². The highest BCUT2D eigenvalue weighted by molar-refractivity contribution is 5.71. The number of hydrogen-bond donors (Lipinski definition) is 0. The number of para-hydroxylation sites is 1. The quantitative estimate of drug-likeness (QED) is 0.334. The highest BCUT2D eigenvalue weighted by Gasteiger charge is 2.20. The van der Waals surface area contributed by atoms with Gasteiger partial charge in [0.15, 0.2) is 12.7 Å². The summed E-state index contributed by atoms with van der Waals surface area (Å²) in [6.45, 7) is 5.15. The SMILES string of the molecule is Cc1cccc(C)c1OCC(=O)O[C@@H](C)c1nnc(-c2ccc([N+](=O)[O-])cc2)o1. The molecule has 150 valence electrons. The van der Waals surface area contributed by atoms with Gasteiger partial charge in [-0.05, 0) is 44.0 Å². The molecule has 0 bridgehead atoms. The van der Waals surface area contributed by atoms with Crippen molar-refractivity contribution in [3.8, 4) is 17.2 Å². The fourth-order valence-electron chi connectivity index (χ4n) is 2.68. The minimum Gasteiger partial charge on any atom is -0.481 e. The molecule has 0 aliphatic carbocycles. The van der Waals surface area contributed by atoms with Crippen molar-refractivity contribution in [1.82, 2.24) is 10.2 Å². The fraction of sp³-hybridized carbons (Fsp3) is 0.250. The van der Waals surface area contributed by atoms with Gasteiger partial charge in [-0.25, -0.2) is 4.79 Å². The number of aryl methyl sites for hydroxylation is 2. The highest BCUT2D eigenvalue weighted by Crippen LogP contribution is 2.25. The molecule has 0 amide bonds. The van der Waals surface area contributed by atoms with Crippen molar-refractivity contribution in [2.45, 2.75) is 26.9 Å². The number of esters is 1. The first-order chi connectivity index (χ1) is 13.8. The van der Waals surface area contributed by atoms with Gasteiger partial charge in [0.1, 0.15) is 5.75 Å². The van der Waals surface area contributed by atoms with Crippen LogP contribution >= 0.6 is 0 Å². The van der Waals surface area contributed by atoms with Crippen molar-refractivity contribution in [2.24, 2.45) is 0 Å². The van der Waals surface area contributed by atoms with Gasteiger partial charge in [0.2, 0.25) is 5.89 Å². The Morgan fingerprint density at radius 1 is 1.14 bits per heavy atom. The van der Waals surface area contributed by atoms with Gasteiger partial charge in [0, 0.05) is 17.7 Å². The lowest BCUT2D eigenvalue weighted by molar-refractivity contribution is -0.384. The van der Waals surface area contributed by atoms with Crippen LogP contribution in [0.4, 0.5) is 5.69 Å². The molecule has 0 spiro atoms. The van der Waals surface area contributed by atoms with Crippen molar-refractivity contribution >= 4 is 11.7 Å². The van der Waals surface area contributed by atoms with E-state index >= 15 is 0 Å². The molecule has 3 aromatic rings. The molecule has 0 N–H and O–H groups in total. The first-order valence-electron chi connectivity index (χ1n) is 8.82. The first kappa shape index (κ1) is 20.0. The van der Waals surface area contributed by atoms with Crippen molar-refractivity contribution in [3.63, 3.8) is 0 Å². The summed E-state index contributed by atoms with van der Waals surface area (Å²) in [5.74, 6) is 0.356. The molecule has 0 aliphatic rings. The largest absolute Gasteiger partial charge is 0.481 e. The molecule has 1 aromatic heterocycles. The van der Waals surface area contributed by atoms with Crippen molar-refractivity contribution in [1.29, 1.82) is 0 Å². The van der Waals surface area contributed by atoms with Gasteiger partial charge >= 0.3 is 5.97 Å². The number of benzene rings is 2. The summed E-state index contributed by atoms with van der Waals surface area (Å²) in [6.07, 6.45) is -0.775. The number of carbonyl (C=O) groups is 1. The van der Waals surface area contributed by atoms with E-state index in [0.717, 1.165) is 11.1 Å². The van der Waals surface area contributed by atoms with Crippen LogP contribution in [0.15, 0.2) is 46.9 Å². The lowest BCUT2D eigenvalue weighted by Crippen LogP contribution is -2.17. The Labute approximate surface area is 166 Å². The van der Waals surface area contributed by atoms with Crippen LogP contribution in [0.5, 0.6) is 5.75 Å². The molecule has 0 saturated carbocycles. The molecule has 9 heteroatoms. The van der Waals surface area contributed by atoms with Crippen LogP contribution < -0.4 is 4.74 Å². The normalized spacial score (nSPS) is 11.7. The zero-order valence-electron chi connectivity index (χ0n) is 16.1. The maximum atomic E-state index is 12.1. The molecular formula is C20H19N3O6. The Hall–Kier alpha value is -3.75. The molecule has 1 heterocycles. The topological polar surface area (TPSA) is 118 Å². The van der Waals surface area contributed by atoms with E-state index in [1.807, 2.05) is 32.0 Å². The van der Waals surface area contributed by atoms with Gasteiger partial charge in [-0.3, -0.25) is 10.1 Å². The van der Waals surface area contributed by atoms with Gasteiger partial charge in [-0.1, -0.05) is 18.2 Å². The monoisotopic (exact) mass is 397 g/mol. The number of nitro groups is 1. The van der Waals surface area contributed by atoms with Gasteiger partial charge in [0.05, 0.1) is 4.92 Å². The number of nitrogens with zero attached hydrogens (tertiary/aromatic N) is 3. The summed E-state index contributed by atoms with van der Waals surface area (Å²) in [5, 5.41) is 18.5. The molecule has 29 heavy (non-hydrogen) atoms. The third-order valence-corrected chi connectivity index (χ3v) is 4.16. The number of non-ortho nitro benzene ring substituents is 1. The third-order valence-electron chi connectivity index (χ3n) is 4.16. The van der Waals surface area contributed by atoms with Crippen LogP contribution in [0.25, 0.3) is 11.5 Å². The van der Waals surface area contributed by atoms with Crippen LogP contribution in [0.1, 0.15) is 30.0 Å². The summed E-state index contributed by atoms with van der Waals surface area (Å²) in [4.78, 5) is 22.3. The summed E-state index contributed by atoms with van der Waals surface area (Å²) in [6, 6.07) is 11.4. The van der Waals surface area contributed by atoms with Gasteiger partial charge in [-0.15, -0.1) is 10.2 Å². The Balaban J connectivity index is 1.60. The molecule has 3 rings (SSSR count). The predicted molar refractivity (Wildman–Crippen MR) is 102 cm³/mol. The first-order valence-corrected chi connectivity index (χ1v) is 8.82. The van der Waals surface area contributed by atoms with E-state index in [1.165, 1.54) is 24.3 Å². The van der Waals surface area contributed by atoms with Crippen LogP contribution in [-0.2, 0) is 9.53 Å². The number of ether oxygens (including phenoxy) is 2. The minimum atomic E-state index is -0.775. The van der Waals surface area contributed by atoms with E-state index in [9.17, 15) is 14.9 Å². The second kappa shape index (κ2) is 8.51. The van der Waals surface area contributed by atoms with Gasteiger partial charge < -0.3 is 13.9 Å². The van der Waals surface area contributed by atoms with Crippen molar-refractivity contribution < 1.29 is 23.6 Å². The fourth-order valence-corrected chi connectivity index (χ4v) is 2.68. The summed E-state index contributed by atoms with van der Waals surface area (Å²) in [5.41, 5.74) is 2.33. The van der Waals surface area contributed by atoms with E-state index in [2.05, 4.69) is 10.2 Å². The van der Waals surface area contributed by atoms with Gasteiger partial charge in [-0.2, -0.15) is 0 Å². The van der Waals surface area contributed by atoms with E-state index in [0.29, 0.717) is 11.3 Å². The van der Waals surface area contributed by atoms with E-state index in [-0.39, 0.29) is 24.1 Å². The maximum absolute atomic E-state index is 12.1. The Bertz CT molecular complexity index is 1010. The molecule has 9 nitrogen and oxygen atoms in total. The zero-order chi connectivity index (χ0) is 21.0. The highest BCUT2D eigenvalue weighted by atomic mass is 16.6. The van der Waals surface area contributed by atoms with Gasteiger partial charge in [0.25, 0.3) is 11.6 Å². The average molecular weight is 397 g/mol. The minimum absolute atomic E-state index is 0.0420. The number of aromatic nitrogens is 2. The second-order valence-electron chi connectivity index (χ2n) is 6.39. The van der Waals surface area contributed by atoms with E-state index in [4.69, 9.17) is 13.9 Å². The second-order valence-corrected chi connectivity index (χ2v) is 6.39. The standard InChI is InChI=1S/C20H19N3O6/c1-12-5-4-6-13(2)18(12)27-11-17(24)28-14(3)19-21-22-20(29-19)15-7-9-16(10-8-15)23(25)26/h4-10,14H,11H2,1-3H3/t14-/m0/s1. The lowest BCUT2D eigenvalue weighted by atomic mass is 10.1. The molecule has 0 unspecified atom stereocenters. The maximum Gasteiger partial charge on any atom is 0.344 e. The average Bonchev–Trinajstić information content (AvgIpc) is 3.18. The summed E-state index contributed by atoms with van der Waals surface area (Å²) < 4.78 is 16.4. The predicted octanol–water partition coefficient (Wildman–Crippen LogP) is 3.94. The van der Waals surface area contributed by atoms with Crippen molar-refractivity contribution in [3.05, 3.63) is 69.6 Å². The molecule has 0 saturated heterocycles. The van der Waals surface area contributed by atoms with Crippen LogP contribution in [0, 0.1) is 24.0 Å². The third kappa shape index (κ3) is 4.75. The van der Waals surface area contributed by atoms with Crippen LogP contribution in [-0.4, -0.2) is 27.7 Å². The Kier molecular flexibility index (Phi) is 5.87. The summed E-state index contributed by atoms with van der Waals surface area (Å²) >= 11 is 0. The molecule has 0 aliphatic heterocycles. The number of rotatable bonds is 7. The zero-order valence-corrected chi connectivity index (χ0v) is 16.1. The van der Waals surface area contributed by atoms with E-state index in [1.54, 1.807) is 6.92 Å². The lowest BCUT2D eigenvalue weighted by Gasteiger charge is -2.13.